The quantitative estimate of drug-likeness (QED) is 0.273. The van der Waals surface area contributed by atoms with Crippen molar-refractivity contribution < 1.29 is 14.3 Å². The summed E-state index contributed by atoms with van der Waals surface area (Å²) in [4.78, 5) is 27.0. The van der Waals surface area contributed by atoms with Crippen molar-refractivity contribution in [2.24, 2.45) is 0 Å². The molecule has 0 aliphatic rings. The molecule has 0 radical (unpaired) electrons. The topological polar surface area (TPSA) is 67.4 Å². The highest BCUT2D eigenvalue weighted by atomic mass is 32.2. The van der Waals surface area contributed by atoms with E-state index in [1.807, 2.05) is 97.9 Å². The molecule has 4 aromatic rings. The number of aryl methyl sites for hydroxylation is 1. The summed E-state index contributed by atoms with van der Waals surface area (Å²) in [7, 11) is 1.59. The van der Waals surface area contributed by atoms with Gasteiger partial charge < -0.3 is 15.4 Å². The molecule has 2 N–H and O–H groups in total. The van der Waals surface area contributed by atoms with E-state index in [0.29, 0.717) is 22.7 Å². The lowest BCUT2D eigenvalue weighted by molar-refractivity contribution is -0.115. The molecular formula is C29H26N2O3S. The molecule has 0 fully saturated rings. The Morgan fingerprint density at radius 1 is 0.771 bits per heavy atom. The minimum atomic E-state index is -0.496. The Balaban J connectivity index is 1.55. The van der Waals surface area contributed by atoms with Crippen molar-refractivity contribution in [1.82, 2.24) is 0 Å². The number of hydrogen-bond donors (Lipinski definition) is 2. The summed E-state index contributed by atoms with van der Waals surface area (Å²) in [6.07, 6.45) is 0. The molecule has 0 aromatic heterocycles. The smallest absolute Gasteiger partial charge is 0.255 e. The van der Waals surface area contributed by atoms with Crippen molar-refractivity contribution in [3.63, 3.8) is 0 Å². The third-order valence-electron chi connectivity index (χ3n) is 5.41. The number of benzene rings is 4. The highest BCUT2D eigenvalue weighted by Gasteiger charge is 2.22. The maximum absolute atomic E-state index is 13.4. The number of methoxy groups -OCH3 is 1. The fraction of sp³-hybridized carbons (Fsp3) is 0.103. The lowest BCUT2D eigenvalue weighted by Crippen LogP contribution is -2.19. The first-order valence-corrected chi connectivity index (χ1v) is 12.0. The van der Waals surface area contributed by atoms with Crippen molar-refractivity contribution in [2.75, 3.05) is 17.7 Å². The first-order chi connectivity index (χ1) is 17.0. The molecule has 0 heterocycles. The molecule has 4 rings (SSSR count). The number of carbonyl (C=O) groups excluding carboxylic acids is 2. The number of anilines is 2. The predicted octanol–water partition coefficient (Wildman–Crippen LogP) is 6.73. The molecule has 5 nitrogen and oxygen atoms in total. The van der Waals surface area contributed by atoms with Gasteiger partial charge >= 0.3 is 0 Å². The highest BCUT2D eigenvalue weighted by Crippen LogP contribution is 2.37. The van der Waals surface area contributed by atoms with Gasteiger partial charge in [0.25, 0.3) is 5.91 Å². The maximum Gasteiger partial charge on any atom is 0.255 e. The first-order valence-electron chi connectivity index (χ1n) is 11.2. The molecule has 0 aliphatic carbocycles. The number of thioether (sulfide) groups is 1. The van der Waals surface area contributed by atoms with E-state index in [4.69, 9.17) is 4.74 Å². The molecular weight excluding hydrogens is 456 g/mol. The summed E-state index contributed by atoms with van der Waals surface area (Å²) in [5.41, 5.74) is 3.75. The fourth-order valence-corrected chi connectivity index (χ4v) is 4.70. The number of rotatable bonds is 8. The zero-order valence-corrected chi connectivity index (χ0v) is 20.3. The number of ether oxygens (including phenoxy) is 1. The van der Waals surface area contributed by atoms with Crippen LogP contribution in [0.4, 0.5) is 11.4 Å². The zero-order chi connectivity index (χ0) is 24.6. The van der Waals surface area contributed by atoms with E-state index in [9.17, 15) is 9.59 Å². The molecule has 0 aliphatic heterocycles. The van der Waals surface area contributed by atoms with Gasteiger partial charge in [-0.15, -0.1) is 11.8 Å². The van der Waals surface area contributed by atoms with Crippen LogP contribution in [0.3, 0.4) is 0 Å². The summed E-state index contributed by atoms with van der Waals surface area (Å²) >= 11 is 1.42. The van der Waals surface area contributed by atoms with Crippen LogP contribution in [-0.4, -0.2) is 18.9 Å². The van der Waals surface area contributed by atoms with Crippen molar-refractivity contribution in [3.8, 4) is 5.75 Å². The van der Waals surface area contributed by atoms with Crippen LogP contribution in [0.5, 0.6) is 5.75 Å². The van der Waals surface area contributed by atoms with Crippen LogP contribution in [0, 0.1) is 6.92 Å². The van der Waals surface area contributed by atoms with Gasteiger partial charge in [-0.2, -0.15) is 0 Å². The van der Waals surface area contributed by atoms with E-state index in [1.54, 1.807) is 19.2 Å². The summed E-state index contributed by atoms with van der Waals surface area (Å²) in [6.45, 7) is 1.91. The van der Waals surface area contributed by atoms with Gasteiger partial charge in [0.05, 0.1) is 7.11 Å². The van der Waals surface area contributed by atoms with Gasteiger partial charge in [-0.05, 0) is 54.4 Å². The van der Waals surface area contributed by atoms with Gasteiger partial charge in [0.1, 0.15) is 11.0 Å². The Morgan fingerprint density at radius 2 is 1.46 bits per heavy atom. The lowest BCUT2D eigenvalue weighted by atomic mass is 10.1. The standard InChI is InChI=1S/C29H26N2O3S/c1-20-10-6-7-17-26(20)28(32)30-23-14-9-16-25(19-23)35-27(21-11-4-3-5-12-21)29(33)31-22-13-8-15-24(18-22)34-2/h3-19,27H,1-2H3,(H,30,32)(H,31,33). The molecule has 1 atom stereocenters. The summed E-state index contributed by atoms with van der Waals surface area (Å²) in [6, 6.07) is 31.9. The average Bonchev–Trinajstić information content (AvgIpc) is 2.88. The Hall–Kier alpha value is -4.03. The molecule has 6 heteroatoms. The third kappa shape index (κ3) is 6.31. The first kappa shape index (κ1) is 24.1. The minimum absolute atomic E-state index is 0.149. The van der Waals surface area contributed by atoms with Crippen LogP contribution in [-0.2, 0) is 4.79 Å². The second kappa shape index (κ2) is 11.4. The number of nitrogens with one attached hydrogen (secondary N) is 2. The van der Waals surface area contributed by atoms with Gasteiger partial charge in [-0.3, -0.25) is 9.59 Å². The SMILES string of the molecule is COc1cccc(NC(=O)C(Sc2cccc(NC(=O)c3ccccc3C)c2)c2ccccc2)c1. The predicted molar refractivity (Wildman–Crippen MR) is 142 cm³/mol. The Morgan fingerprint density at radius 3 is 2.20 bits per heavy atom. The molecule has 176 valence electrons. The molecule has 4 aromatic carbocycles. The number of amides is 2. The largest absolute Gasteiger partial charge is 0.497 e. The Bertz CT molecular complexity index is 1320. The third-order valence-corrected chi connectivity index (χ3v) is 6.66. The molecule has 2 amide bonds. The normalized spacial score (nSPS) is 11.4. The van der Waals surface area contributed by atoms with Crippen molar-refractivity contribution in [1.29, 1.82) is 0 Å². The minimum Gasteiger partial charge on any atom is -0.497 e. The van der Waals surface area contributed by atoms with Crippen molar-refractivity contribution in [2.45, 2.75) is 17.1 Å². The van der Waals surface area contributed by atoms with E-state index < -0.39 is 5.25 Å². The van der Waals surface area contributed by atoms with Crippen molar-refractivity contribution >= 4 is 35.0 Å². The van der Waals surface area contributed by atoms with Gasteiger partial charge in [-0.1, -0.05) is 60.7 Å². The monoisotopic (exact) mass is 482 g/mol. The summed E-state index contributed by atoms with van der Waals surface area (Å²) in [5, 5.41) is 5.47. The Labute approximate surface area is 209 Å². The molecule has 0 saturated carbocycles. The average molecular weight is 483 g/mol. The van der Waals surface area contributed by atoms with Crippen LogP contribution in [0.25, 0.3) is 0 Å². The van der Waals surface area contributed by atoms with Gasteiger partial charge in [0, 0.05) is 27.9 Å². The van der Waals surface area contributed by atoms with E-state index >= 15 is 0 Å². The molecule has 1 unspecified atom stereocenters. The van der Waals surface area contributed by atoms with E-state index in [0.717, 1.165) is 16.0 Å². The summed E-state index contributed by atoms with van der Waals surface area (Å²) in [5.74, 6) is 0.355. The molecule has 0 bridgehead atoms. The van der Waals surface area contributed by atoms with Crippen molar-refractivity contribution in [3.05, 3.63) is 120 Å². The molecule has 0 spiro atoms. The van der Waals surface area contributed by atoms with Crippen LogP contribution in [0.15, 0.2) is 108 Å². The van der Waals surface area contributed by atoms with E-state index in [2.05, 4.69) is 10.6 Å². The van der Waals surface area contributed by atoms with E-state index in [-0.39, 0.29) is 11.8 Å². The van der Waals surface area contributed by atoms with Crippen LogP contribution in [0.2, 0.25) is 0 Å². The zero-order valence-electron chi connectivity index (χ0n) is 19.5. The molecule has 0 saturated heterocycles. The number of carbonyl (C=O) groups is 2. The van der Waals surface area contributed by atoms with Crippen LogP contribution >= 0.6 is 11.8 Å². The number of hydrogen-bond acceptors (Lipinski definition) is 4. The fourth-order valence-electron chi connectivity index (χ4n) is 3.62. The molecule has 35 heavy (non-hydrogen) atoms. The van der Waals surface area contributed by atoms with Gasteiger partial charge in [0.2, 0.25) is 5.91 Å². The maximum atomic E-state index is 13.4. The van der Waals surface area contributed by atoms with Crippen LogP contribution in [0.1, 0.15) is 26.7 Å². The van der Waals surface area contributed by atoms with Gasteiger partial charge in [0.15, 0.2) is 0 Å². The lowest BCUT2D eigenvalue weighted by Gasteiger charge is -2.18. The van der Waals surface area contributed by atoms with Crippen LogP contribution < -0.4 is 15.4 Å². The second-order valence-electron chi connectivity index (χ2n) is 7.93. The van der Waals surface area contributed by atoms with E-state index in [1.165, 1.54) is 11.8 Å². The van der Waals surface area contributed by atoms with Gasteiger partial charge in [-0.25, -0.2) is 0 Å². The second-order valence-corrected chi connectivity index (χ2v) is 9.11. The highest BCUT2D eigenvalue weighted by molar-refractivity contribution is 8.00. The Kier molecular flexibility index (Phi) is 7.85. The summed E-state index contributed by atoms with van der Waals surface area (Å²) < 4.78 is 5.27.